The molecule has 2 heterocycles. The predicted molar refractivity (Wildman–Crippen MR) is 67.6 cm³/mol. The van der Waals surface area contributed by atoms with Crippen molar-refractivity contribution >= 4 is 0 Å². The lowest BCUT2D eigenvalue weighted by molar-refractivity contribution is -0.269. The molecular weight excluding hydrogens is 212 g/mol. The molecule has 0 amide bonds. The van der Waals surface area contributed by atoms with Gasteiger partial charge in [-0.2, -0.15) is 0 Å². The van der Waals surface area contributed by atoms with Crippen molar-refractivity contribution in [2.24, 2.45) is 23.7 Å². The fourth-order valence-electron chi connectivity index (χ4n) is 4.37. The van der Waals surface area contributed by atoms with Crippen LogP contribution >= 0.6 is 0 Å². The van der Waals surface area contributed by atoms with Crippen molar-refractivity contribution in [1.29, 1.82) is 0 Å². The molecule has 17 heavy (non-hydrogen) atoms. The van der Waals surface area contributed by atoms with Gasteiger partial charge in [-0.15, -0.1) is 0 Å². The largest absolute Gasteiger partial charge is 0.349 e. The first-order valence-electron chi connectivity index (χ1n) is 7.47. The summed E-state index contributed by atoms with van der Waals surface area (Å²) in [7, 11) is 0. The third-order valence-corrected chi connectivity index (χ3v) is 5.54. The SMILES string of the molecule is CC1CCC2CCCC3C(C)C(C)O[C@H](O1)C23. The lowest BCUT2D eigenvalue weighted by Gasteiger charge is -2.49. The minimum atomic E-state index is 0.0917. The van der Waals surface area contributed by atoms with Gasteiger partial charge in [-0.05, 0) is 57.3 Å². The molecule has 2 nitrogen and oxygen atoms in total. The minimum Gasteiger partial charge on any atom is -0.349 e. The molecule has 2 heteroatoms. The van der Waals surface area contributed by atoms with Crippen LogP contribution in [0.1, 0.15) is 52.9 Å². The summed E-state index contributed by atoms with van der Waals surface area (Å²) >= 11 is 0. The third-order valence-electron chi connectivity index (χ3n) is 5.54. The van der Waals surface area contributed by atoms with E-state index in [1.807, 2.05) is 0 Å². The Kier molecular flexibility index (Phi) is 3.20. The fourth-order valence-corrected chi connectivity index (χ4v) is 4.37. The predicted octanol–water partition coefficient (Wildman–Crippen LogP) is 3.60. The zero-order valence-corrected chi connectivity index (χ0v) is 11.4. The van der Waals surface area contributed by atoms with E-state index in [0.717, 1.165) is 11.8 Å². The smallest absolute Gasteiger partial charge is 0.161 e. The minimum absolute atomic E-state index is 0.0917. The van der Waals surface area contributed by atoms with Crippen molar-refractivity contribution in [3.8, 4) is 0 Å². The van der Waals surface area contributed by atoms with Gasteiger partial charge in [0.05, 0.1) is 12.2 Å². The molecule has 0 aromatic carbocycles. The maximum Gasteiger partial charge on any atom is 0.161 e. The molecule has 0 spiro atoms. The van der Waals surface area contributed by atoms with Crippen LogP contribution in [-0.4, -0.2) is 18.5 Å². The van der Waals surface area contributed by atoms with Crippen molar-refractivity contribution in [1.82, 2.24) is 0 Å². The van der Waals surface area contributed by atoms with E-state index in [9.17, 15) is 0 Å². The van der Waals surface area contributed by atoms with Gasteiger partial charge in [-0.1, -0.05) is 13.3 Å². The average molecular weight is 238 g/mol. The fraction of sp³-hybridized carbons (Fsp3) is 1.00. The Labute approximate surface area is 105 Å². The molecular formula is C15H26O2. The molecule has 2 aliphatic heterocycles. The standard InChI is InChI=1S/C15H26O2/c1-9-7-8-12-5-4-6-13-10(2)11(3)17-15(16-9)14(12)13/h9-15H,4-8H2,1-3H3/t9?,10?,11?,12?,13?,14?,15-/m0/s1. The van der Waals surface area contributed by atoms with Crippen LogP contribution in [-0.2, 0) is 9.47 Å². The molecule has 1 saturated carbocycles. The van der Waals surface area contributed by atoms with Gasteiger partial charge in [-0.25, -0.2) is 0 Å². The number of hydrogen-bond acceptors (Lipinski definition) is 2. The van der Waals surface area contributed by atoms with Crippen LogP contribution in [0.5, 0.6) is 0 Å². The van der Waals surface area contributed by atoms with Crippen molar-refractivity contribution in [2.45, 2.75) is 71.4 Å². The van der Waals surface area contributed by atoms with Crippen LogP contribution < -0.4 is 0 Å². The summed E-state index contributed by atoms with van der Waals surface area (Å²) in [4.78, 5) is 0. The molecule has 1 aliphatic carbocycles. The van der Waals surface area contributed by atoms with E-state index >= 15 is 0 Å². The van der Waals surface area contributed by atoms with Crippen molar-refractivity contribution < 1.29 is 9.47 Å². The summed E-state index contributed by atoms with van der Waals surface area (Å²) in [6.07, 6.45) is 7.62. The summed E-state index contributed by atoms with van der Waals surface area (Å²) in [6.45, 7) is 6.81. The van der Waals surface area contributed by atoms with Crippen LogP contribution in [0.25, 0.3) is 0 Å². The normalized spacial score (nSPS) is 54.9. The molecule has 6 unspecified atom stereocenters. The second kappa shape index (κ2) is 4.55. The lowest BCUT2D eigenvalue weighted by atomic mass is 9.64. The molecule has 3 aliphatic rings. The van der Waals surface area contributed by atoms with E-state index in [-0.39, 0.29) is 6.29 Å². The molecule has 0 aromatic rings. The van der Waals surface area contributed by atoms with Gasteiger partial charge in [-0.3, -0.25) is 0 Å². The van der Waals surface area contributed by atoms with E-state index < -0.39 is 0 Å². The Morgan fingerprint density at radius 2 is 1.71 bits per heavy atom. The topological polar surface area (TPSA) is 18.5 Å². The molecule has 0 N–H and O–H groups in total. The highest BCUT2D eigenvalue weighted by Crippen LogP contribution is 2.50. The van der Waals surface area contributed by atoms with Gasteiger partial charge in [0.15, 0.2) is 6.29 Å². The molecule has 0 bridgehead atoms. The summed E-state index contributed by atoms with van der Waals surface area (Å²) in [5.41, 5.74) is 0. The van der Waals surface area contributed by atoms with E-state index in [4.69, 9.17) is 9.47 Å². The highest BCUT2D eigenvalue weighted by atomic mass is 16.7. The number of hydrogen-bond donors (Lipinski definition) is 0. The maximum absolute atomic E-state index is 6.17. The van der Waals surface area contributed by atoms with Crippen LogP contribution in [0.4, 0.5) is 0 Å². The Hall–Kier alpha value is -0.0800. The highest BCUT2D eigenvalue weighted by Gasteiger charge is 2.49. The second-order valence-corrected chi connectivity index (χ2v) is 6.52. The molecule has 0 radical (unpaired) electrons. The number of rotatable bonds is 0. The van der Waals surface area contributed by atoms with Gasteiger partial charge in [0.25, 0.3) is 0 Å². The molecule has 0 aromatic heterocycles. The van der Waals surface area contributed by atoms with E-state index in [1.165, 1.54) is 32.1 Å². The Morgan fingerprint density at radius 3 is 2.53 bits per heavy atom. The zero-order chi connectivity index (χ0) is 12.0. The van der Waals surface area contributed by atoms with E-state index in [0.29, 0.717) is 24.0 Å². The van der Waals surface area contributed by atoms with Crippen molar-refractivity contribution in [3.63, 3.8) is 0 Å². The molecule has 3 fully saturated rings. The van der Waals surface area contributed by atoms with E-state index in [1.54, 1.807) is 0 Å². The van der Waals surface area contributed by atoms with Crippen molar-refractivity contribution in [3.05, 3.63) is 0 Å². The summed E-state index contributed by atoms with van der Waals surface area (Å²) in [5, 5.41) is 0. The van der Waals surface area contributed by atoms with Gasteiger partial charge in [0, 0.05) is 5.92 Å². The lowest BCUT2D eigenvalue weighted by Crippen LogP contribution is -2.50. The molecule has 7 atom stereocenters. The van der Waals surface area contributed by atoms with Gasteiger partial charge >= 0.3 is 0 Å². The van der Waals surface area contributed by atoms with E-state index in [2.05, 4.69) is 20.8 Å². The van der Waals surface area contributed by atoms with Gasteiger partial charge < -0.3 is 9.47 Å². The first-order chi connectivity index (χ1) is 8.16. The van der Waals surface area contributed by atoms with Gasteiger partial charge in [0.2, 0.25) is 0 Å². The monoisotopic (exact) mass is 238 g/mol. The average Bonchev–Trinajstić information content (AvgIpc) is 2.47. The Balaban J connectivity index is 1.87. The maximum atomic E-state index is 6.17. The summed E-state index contributed by atoms with van der Waals surface area (Å²) in [5.74, 6) is 3.09. The zero-order valence-electron chi connectivity index (χ0n) is 11.4. The number of ether oxygens (including phenoxy) is 2. The molecule has 3 rings (SSSR count). The van der Waals surface area contributed by atoms with Crippen LogP contribution in [0, 0.1) is 23.7 Å². The van der Waals surface area contributed by atoms with Crippen LogP contribution in [0.2, 0.25) is 0 Å². The van der Waals surface area contributed by atoms with Crippen LogP contribution in [0.15, 0.2) is 0 Å². The van der Waals surface area contributed by atoms with Gasteiger partial charge in [0.1, 0.15) is 0 Å². The third kappa shape index (κ3) is 2.04. The quantitative estimate of drug-likeness (QED) is 0.642. The first kappa shape index (κ1) is 12.0. The Morgan fingerprint density at radius 1 is 0.882 bits per heavy atom. The Bertz CT molecular complexity index is 278. The highest BCUT2D eigenvalue weighted by molar-refractivity contribution is 4.93. The molecule has 2 saturated heterocycles. The summed E-state index contributed by atoms with van der Waals surface area (Å²) in [6, 6.07) is 0. The van der Waals surface area contributed by atoms with Crippen molar-refractivity contribution in [2.75, 3.05) is 0 Å². The molecule has 98 valence electrons. The summed E-state index contributed by atoms with van der Waals surface area (Å²) < 4.78 is 12.3. The first-order valence-corrected chi connectivity index (χ1v) is 7.47. The second-order valence-electron chi connectivity index (χ2n) is 6.52. The van der Waals surface area contributed by atoms with Crippen LogP contribution in [0.3, 0.4) is 0 Å².